The molecule has 0 aliphatic carbocycles. The summed E-state index contributed by atoms with van der Waals surface area (Å²) in [6, 6.07) is 9.16. The van der Waals surface area contributed by atoms with Crippen LogP contribution in [0.3, 0.4) is 0 Å². The standard InChI is InChI=1S/C22H20N6O3S/c1-13-17(11-31-27-13)26-21-23-8-6-16(25-21)18-12-32-19(24-18)14-4-3-5-15(10-14)22(30)7-9-28(2)20(22)29/h3-6,8,10-12,30H,7,9H2,1-2H3,(H,23,25,26)/t22-/m1/s1. The Kier molecular flexibility index (Phi) is 4.95. The van der Waals surface area contributed by atoms with E-state index in [2.05, 4.69) is 20.4 Å². The van der Waals surface area contributed by atoms with Crippen molar-refractivity contribution in [2.24, 2.45) is 0 Å². The third-order valence-electron chi connectivity index (χ3n) is 5.52. The van der Waals surface area contributed by atoms with Crippen LogP contribution in [0.2, 0.25) is 0 Å². The van der Waals surface area contributed by atoms with Crippen molar-refractivity contribution in [3.63, 3.8) is 0 Å². The van der Waals surface area contributed by atoms with Crippen LogP contribution in [0, 0.1) is 6.92 Å². The Morgan fingerprint density at radius 3 is 2.88 bits per heavy atom. The number of rotatable bonds is 5. The van der Waals surface area contributed by atoms with E-state index in [0.717, 1.165) is 10.6 Å². The van der Waals surface area contributed by atoms with Gasteiger partial charge in [-0.15, -0.1) is 11.3 Å². The third-order valence-corrected chi connectivity index (χ3v) is 6.41. The topological polar surface area (TPSA) is 117 Å². The average Bonchev–Trinajstić information content (AvgIpc) is 3.52. The van der Waals surface area contributed by atoms with Crippen molar-refractivity contribution >= 4 is 28.9 Å². The van der Waals surface area contributed by atoms with Gasteiger partial charge in [0.05, 0.1) is 5.69 Å². The Labute approximate surface area is 187 Å². The largest absolute Gasteiger partial charge is 0.375 e. The van der Waals surface area contributed by atoms with Gasteiger partial charge in [0.25, 0.3) is 5.91 Å². The first-order valence-electron chi connectivity index (χ1n) is 10.00. The lowest BCUT2D eigenvalue weighted by atomic mass is 9.91. The van der Waals surface area contributed by atoms with Crippen LogP contribution in [-0.2, 0) is 10.4 Å². The number of benzene rings is 1. The fourth-order valence-electron chi connectivity index (χ4n) is 3.65. The molecule has 1 saturated heterocycles. The van der Waals surface area contributed by atoms with Crippen molar-refractivity contribution in [2.75, 3.05) is 18.9 Å². The number of anilines is 2. The molecule has 162 valence electrons. The first-order valence-corrected chi connectivity index (χ1v) is 10.9. The number of aromatic nitrogens is 4. The number of hydrogen-bond donors (Lipinski definition) is 2. The molecule has 1 fully saturated rings. The maximum Gasteiger partial charge on any atom is 0.258 e. The van der Waals surface area contributed by atoms with Gasteiger partial charge in [-0.1, -0.05) is 23.4 Å². The zero-order valence-electron chi connectivity index (χ0n) is 17.4. The molecule has 0 saturated carbocycles. The second kappa shape index (κ2) is 7.81. The summed E-state index contributed by atoms with van der Waals surface area (Å²) in [5.74, 6) is 0.134. The van der Waals surface area contributed by atoms with Gasteiger partial charge in [0.1, 0.15) is 28.3 Å². The highest BCUT2D eigenvalue weighted by Crippen LogP contribution is 2.36. The van der Waals surface area contributed by atoms with Crippen molar-refractivity contribution in [3.8, 4) is 22.0 Å². The van der Waals surface area contributed by atoms with Gasteiger partial charge in [0.2, 0.25) is 5.95 Å². The van der Waals surface area contributed by atoms with Gasteiger partial charge < -0.3 is 19.8 Å². The lowest BCUT2D eigenvalue weighted by Gasteiger charge is -2.21. The lowest BCUT2D eigenvalue weighted by molar-refractivity contribution is -0.143. The third kappa shape index (κ3) is 3.53. The molecule has 0 radical (unpaired) electrons. The Morgan fingerprint density at radius 2 is 2.12 bits per heavy atom. The minimum absolute atomic E-state index is 0.279. The molecule has 10 heteroatoms. The molecule has 1 amide bonds. The minimum atomic E-state index is -1.49. The number of aliphatic hydroxyl groups is 1. The van der Waals surface area contributed by atoms with E-state index < -0.39 is 5.60 Å². The quantitative estimate of drug-likeness (QED) is 0.477. The molecule has 0 bridgehead atoms. The molecule has 4 aromatic rings. The van der Waals surface area contributed by atoms with E-state index in [-0.39, 0.29) is 5.91 Å². The first kappa shape index (κ1) is 20.3. The highest BCUT2D eigenvalue weighted by molar-refractivity contribution is 7.13. The number of aryl methyl sites for hydroxylation is 1. The van der Waals surface area contributed by atoms with Crippen LogP contribution < -0.4 is 5.32 Å². The second-order valence-electron chi connectivity index (χ2n) is 7.66. The number of nitrogens with one attached hydrogen (secondary N) is 1. The van der Waals surface area contributed by atoms with Gasteiger partial charge in [-0.25, -0.2) is 15.0 Å². The molecular formula is C22H20N6O3S. The molecule has 1 aliphatic heterocycles. The summed E-state index contributed by atoms with van der Waals surface area (Å²) in [5, 5.41) is 20.6. The van der Waals surface area contributed by atoms with E-state index >= 15 is 0 Å². The van der Waals surface area contributed by atoms with Gasteiger partial charge in [0, 0.05) is 37.2 Å². The molecule has 1 aliphatic rings. The van der Waals surface area contributed by atoms with Gasteiger partial charge in [-0.3, -0.25) is 4.79 Å². The number of thiazole rings is 1. The van der Waals surface area contributed by atoms with E-state index in [1.54, 1.807) is 30.3 Å². The molecule has 3 aromatic heterocycles. The van der Waals surface area contributed by atoms with Gasteiger partial charge >= 0.3 is 0 Å². The molecule has 0 unspecified atom stereocenters. The summed E-state index contributed by atoms with van der Waals surface area (Å²) >= 11 is 1.47. The van der Waals surface area contributed by atoms with Gasteiger partial charge in [-0.05, 0) is 24.6 Å². The van der Waals surface area contributed by atoms with Crippen LogP contribution >= 0.6 is 11.3 Å². The molecule has 4 heterocycles. The van der Waals surface area contributed by atoms with Crippen LogP contribution in [0.25, 0.3) is 22.0 Å². The summed E-state index contributed by atoms with van der Waals surface area (Å²) in [6.07, 6.45) is 3.53. The van der Waals surface area contributed by atoms with E-state index in [9.17, 15) is 9.90 Å². The van der Waals surface area contributed by atoms with Crippen LogP contribution in [0.5, 0.6) is 0 Å². The van der Waals surface area contributed by atoms with Crippen LogP contribution in [0.1, 0.15) is 17.7 Å². The maximum atomic E-state index is 12.5. The van der Waals surface area contributed by atoms with Crippen molar-refractivity contribution in [3.05, 3.63) is 59.4 Å². The van der Waals surface area contributed by atoms with E-state index in [1.807, 2.05) is 30.5 Å². The van der Waals surface area contributed by atoms with Crippen LogP contribution in [0.4, 0.5) is 11.6 Å². The number of likely N-dealkylation sites (N-methyl/N-ethyl adjacent to an activating group) is 1. The fourth-order valence-corrected chi connectivity index (χ4v) is 4.46. The first-order chi connectivity index (χ1) is 15.4. The Balaban J connectivity index is 1.42. The predicted molar refractivity (Wildman–Crippen MR) is 119 cm³/mol. The lowest BCUT2D eigenvalue weighted by Crippen LogP contribution is -2.36. The SMILES string of the molecule is Cc1nocc1Nc1nccc(-c2csc(-c3cccc([C@]4(O)CCN(C)C4=O)c3)n2)n1. The highest BCUT2D eigenvalue weighted by atomic mass is 32.1. The zero-order valence-corrected chi connectivity index (χ0v) is 18.3. The Bertz CT molecular complexity index is 1300. The summed E-state index contributed by atoms with van der Waals surface area (Å²) in [5.41, 5.74) is 2.71. The van der Waals surface area contributed by atoms with Gasteiger partial charge in [-0.2, -0.15) is 0 Å². The number of amides is 1. The number of likely N-dealkylation sites (tertiary alicyclic amines) is 1. The zero-order chi connectivity index (χ0) is 22.3. The summed E-state index contributed by atoms with van der Waals surface area (Å²) in [6.45, 7) is 2.35. The molecule has 1 atom stereocenters. The molecule has 0 spiro atoms. The minimum Gasteiger partial charge on any atom is -0.375 e. The number of carbonyl (C=O) groups is 1. The smallest absolute Gasteiger partial charge is 0.258 e. The normalized spacial score (nSPS) is 18.3. The summed E-state index contributed by atoms with van der Waals surface area (Å²) in [7, 11) is 1.70. The molecular weight excluding hydrogens is 428 g/mol. The van der Waals surface area contributed by atoms with E-state index in [0.29, 0.717) is 47.2 Å². The summed E-state index contributed by atoms with van der Waals surface area (Å²) in [4.78, 5) is 27.5. The second-order valence-corrected chi connectivity index (χ2v) is 8.52. The Hall–Kier alpha value is -3.63. The average molecular weight is 449 g/mol. The predicted octanol–water partition coefficient (Wildman–Crippen LogP) is 3.36. The maximum absolute atomic E-state index is 12.5. The van der Waals surface area contributed by atoms with Crippen LogP contribution in [0.15, 0.2) is 52.7 Å². The number of carbonyl (C=O) groups excluding carboxylic acids is 1. The Morgan fingerprint density at radius 1 is 1.25 bits per heavy atom. The van der Waals surface area contributed by atoms with Crippen molar-refractivity contribution in [2.45, 2.75) is 18.9 Å². The van der Waals surface area contributed by atoms with E-state index in [1.165, 1.54) is 17.6 Å². The molecule has 32 heavy (non-hydrogen) atoms. The monoisotopic (exact) mass is 448 g/mol. The molecule has 5 rings (SSSR count). The number of nitrogens with zero attached hydrogens (tertiary/aromatic N) is 5. The van der Waals surface area contributed by atoms with Crippen molar-refractivity contribution in [1.29, 1.82) is 0 Å². The van der Waals surface area contributed by atoms with Crippen LogP contribution in [-0.4, -0.2) is 49.6 Å². The molecule has 1 aromatic carbocycles. The van der Waals surface area contributed by atoms with Gasteiger partial charge in [0.15, 0.2) is 5.60 Å². The van der Waals surface area contributed by atoms with E-state index in [4.69, 9.17) is 9.51 Å². The van der Waals surface area contributed by atoms with Crippen molar-refractivity contribution in [1.82, 2.24) is 25.0 Å². The molecule has 9 nitrogen and oxygen atoms in total. The molecule has 2 N–H and O–H groups in total. The van der Waals surface area contributed by atoms with Crippen molar-refractivity contribution < 1.29 is 14.4 Å². The highest BCUT2D eigenvalue weighted by Gasteiger charge is 2.45. The number of hydrogen-bond acceptors (Lipinski definition) is 9. The fraction of sp³-hybridized carbons (Fsp3) is 0.227. The summed E-state index contributed by atoms with van der Waals surface area (Å²) < 4.78 is 4.93.